The van der Waals surface area contributed by atoms with Crippen LogP contribution in [0.1, 0.15) is 18.7 Å². The Morgan fingerprint density at radius 2 is 2.05 bits per heavy atom. The van der Waals surface area contributed by atoms with Crippen LogP contribution in [0.2, 0.25) is 10.0 Å². The molecule has 2 rings (SSSR count). The molecule has 3 N–H and O–H groups in total. The summed E-state index contributed by atoms with van der Waals surface area (Å²) in [5.74, 6) is -0.337. The van der Waals surface area contributed by atoms with Crippen molar-refractivity contribution in [1.82, 2.24) is 4.57 Å². The van der Waals surface area contributed by atoms with Gasteiger partial charge in [-0.3, -0.25) is 4.79 Å². The number of nitrogens with one attached hydrogen (secondary N) is 1. The number of carbonyl (C=O) groups is 1. The van der Waals surface area contributed by atoms with Crippen LogP contribution in [0.5, 0.6) is 0 Å². The maximum atomic E-state index is 12.3. The fourth-order valence-electron chi connectivity index (χ4n) is 1.89. The number of nitrogens with zero attached hydrogens (tertiary/aromatic N) is 2. The lowest BCUT2D eigenvalue weighted by atomic mass is 10.2. The minimum absolute atomic E-state index is 0.258. The second-order valence-electron chi connectivity index (χ2n) is 4.44. The lowest BCUT2D eigenvalue weighted by Crippen LogP contribution is -2.24. The van der Waals surface area contributed by atoms with Gasteiger partial charge >= 0.3 is 0 Å². The smallest absolute Gasteiger partial charge is 0.247 e. The van der Waals surface area contributed by atoms with Gasteiger partial charge in [0.2, 0.25) is 5.91 Å². The predicted octanol–water partition coefficient (Wildman–Crippen LogP) is 3.45. The number of aromatic nitrogens is 1. The quantitative estimate of drug-likeness (QED) is 0.849. The van der Waals surface area contributed by atoms with Gasteiger partial charge < -0.3 is 15.6 Å². The number of rotatable bonds is 3. The molecule has 1 aromatic carbocycles. The van der Waals surface area contributed by atoms with Crippen molar-refractivity contribution in [2.24, 2.45) is 0 Å². The number of nitrogens with two attached hydrogens (primary N) is 1. The van der Waals surface area contributed by atoms with Crippen molar-refractivity contribution in [3.05, 3.63) is 46.2 Å². The summed E-state index contributed by atoms with van der Waals surface area (Å²) in [6.07, 6.45) is 1.66. The number of hydrogen-bond acceptors (Lipinski definition) is 3. The van der Waals surface area contributed by atoms with E-state index in [-0.39, 0.29) is 16.0 Å². The zero-order valence-corrected chi connectivity index (χ0v) is 12.6. The van der Waals surface area contributed by atoms with E-state index in [2.05, 4.69) is 5.32 Å². The van der Waals surface area contributed by atoms with E-state index in [1.807, 2.05) is 6.07 Å². The first-order valence-corrected chi connectivity index (χ1v) is 6.82. The Hall–Kier alpha value is -2.16. The molecule has 1 heterocycles. The Morgan fingerprint density at radius 3 is 2.62 bits per heavy atom. The highest BCUT2D eigenvalue weighted by molar-refractivity contribution is 6.40. The van der Waals surface area contributed by atoms with E-state index in [0.29, 0.717) is 17.1 Å². The van der Waals surface area contributed by atoms with E-state index in [1.54, 1.807) is 29.8 Å². The molecule has 0 aliphatic heterocycles. The lowest BCUT2D eigenvalue weighted by molar-refractivity contribution is -0.118. The van der Waals surface area contributed by atoms with E-state index in [1.165, 1.54) is 12.1 Å². The fourth-order valence-corrected chi connectivity index (χ4v) is 2.49. The van der Waals surface area contributed by atoms with Gasteiger partial charge in [0, 0.05) is 11.9 Å². The summed E-state index contributed by atoms with van der Waals surface area (Å²) in [6.45, 7) is 1.68. The summed E-state index contributed by atoms with van der Waals surface area (Å²) in [4.78, 5) is 12.3. The molecule has 1 aromatic heterocycles. The van der Waals surface area contributed by atoms with E-state index >= 15 is 0 Å². The summed E-state index contributed by atoms with van der Waals surface area (Å²) in [5, 5.41) is 12.2. The molecular formula is C14H12Cl2N4O. The Balaban J connectivity index is 2.25. The van der Waals surface area contributed by atoms with Crippen LogP contribution in [-0.4, -0.2) is 10.5 Å². The van der Waals surface area contributed by atoms with Gasteiger partial charge in [0.1, 0.15) is 17.8 Å². The SMILES string of the molecule is CC(C(=O)Nc1c(Cl)cc(N)cc1Cl)n1cccc1C#N. The molecule has 0 radical (unpaired) electrons. The number of amides is 1. The molecule has 0 aliphatic carbocycles. The number of nitrogen functional groups attached to an aromatic ring is 1. The van der Waals surface area contributed by atoms with Crippen molar-refractivity contribution in [2.45, 2.75) is 13.0 Å². The molecular weight excluding hydrogens is 311 g/mol. The van der Waals surface area contributed by atoms with Crippen LogP contribution in [0.3, 0.4) is 0 Å². The van der Waals surface area contributed by atoms with Gasteiger partial charge in [-0.15, -0.1) is 0 Å². The Bertz CT molecular complexity index is 710. The van der Waals surface area contributed by atoms with Crippen LogP contribution in [-0.2, 0) is 4.79 Å². The maximum absolute atomic E-state index is 12.3. The van der Waals surface area contributed by atoms with Crippen LogP contribution >= 0.6 is 23.2 Å². The average Bonchev–Trinajstić information content (AvgIpc) is 2.89. The van der Waals surface area contributed by atoms with Crippen LogP contribution in [0.15, 0.2) is 30.5 Å². The molecule has 2 aromatic rings. The topological polar surface area (TPSA) is 83.8 Å². The number of anilines is 2. The van der Waals surface area contributed by atoms with Crippen LogP contribution in [0.4, 0.5) is 11.4 Å². The molecule has 0 bridgehead atoms. The highest BCUT2D eigenvalue weighted by Crippen LogP contribution is 2.33. The van der Waals surface area contributed by atoms with Gasteiger partial charge in [-0.05, 0) is 31.2 Å². The molecule has 0 saturated heterocycles. The first kappa shape index (κ1) is 15.2. The molecule has 7 heteroatoms. The third kappa shape index (κ3) is 3.13. The zero-order valence-electron chi connectivity index (χ0n) is 11.1. The summed E-state index contributed by atoms with van der Waals surface area (Å²) in [7, 11) is 0. The van der Waals surface area contributed by atoms with Crippen molar-refractivity contribution < 1.29 is 4.79 Å². The number of benzene rings is 1. The monoisotopic (exact) mass is 322 g/mol. The third-order valence-electron chi connectivity index (χ3n) is 3.00. The average molecular weight is 323 g/mol. The third-order valence-corrected chi connectivity index (χ3v) is 3.60. The molecule has 1 atom stereocenters. The number of carbonyl (C=O) groups excluding carboxylic acids is 1. The van der Waals surface area contributed by atoms with E-state index in [0.717, 1.165) is 0 Å². The minimum Gasteiger partial charge on any atom is -0.399 e. The van der Waals surface area contributed by atoms with Crippen LogP contribution < -0.4 is 11.1 Å². The molecule has 1 unspecified atom stereocenters. The van der Waals surface area contributed by atoms with Crippen molar-refractivity contribution in [3.63, 3.8) is 0 Å². The Morgan fingerprint density at radius 1 is 1.43 bits per heavy atom. The van der Waals surface area contributed by atoms with Crippen molar-refractivity contribution in [1.29, 1.82) is 5.26 Å². The number of nitriles is 1. The van der Waals surface area contributed by atoms with Gasteiger partial charge in [0.15, 0.2) is 0 Å². The van der Waals surface area contributed by atoms with Gasteiger partial charge in [0.25, 0.3) is 0 Å². The maximum Gasteiger partial charge on any atom is 0.247 e. The summed E-state index contributed by atoms with van der Waals surface area (Å²) < 4.78 is 1.56. The Kier molecular flexibility index (Phi) is 4.41. The van der Waals surface area contributed by atoms with Gasteiger partial charge in [-0.1, -0.05) is 23.2 Å². The van der Waals surface area contributed by atoms with E-state index in [9.17, 15) is 4.79 Å². The second-order valence-corrected chi connectivity index (χ2v) is 5.25. The molecule has 1 amide bonds. The van der Waals surface area contributed by atoms with Crippen molar-refractivity contribution in [2.75, 3.05) is 11.1 Å². The van der Waals surface area contributed by atoms with Crippen molar-refractivity contribution in [3.8, 4) is 6.07 Å². The second kappa shape index (κ2) is 6.08. The fraction of sp³-hybridized carbons (Fsp3) is 0.143. The largest absolute Gasteiger partial charge is 0.399 e. The molecule has 0 spiro atoms. The first-order valence-electron chi connectivity index (χ1n) is 6.06. The first-order chi connectivity index (χ1) is 9.93. The van der Waals surface area contributed by atoms with E-state index < -0.39 is 6.04 Å². The molecule has 5 nitrogen and oxygen atoms in total. The minimum atomic E-state index is -0.584. The summed E-state index contributed by atoms with van der Waals surface area (Å²) in [6, 6.07) is 7.78. The van der Waals surface area contributed by atoms with Gasteiger partial charge in [0.05, 0.1) is 15.7 Å². The molecule has 108 valence electrons. The van der Waals surface area contributed by atoms with Crippen LogP contribution in [0.25, 0.3) is 0 Å². The summed E-state index contributed by atoms with van der Waals surface area (Å²) >= 11 is 12.1. The predicted molar refractivity (Wildman–Crippen MR) is 83.4 cm³/mol. The molecule has 0 fully saturated rings. The highest BCUT2D eigenvalue weighted by atomic mass is 35.5. The summed E-state index contributed by atoms with van der Waals surface area (Å²) in [5.41, 5.74) is 6.72. The van der Waals surface area contributed by atoms with Crippen molar-refractivity contribution >= 4 is 40.5 Å². The molecule has 0 aliphatic rings. The zero-order chi connectivity index (χ0) is 15.6. The number of hydrogen-bond donors (Lipinski definition) is 2. The molecule has 21 heavy (non-hydrogen) atoms. The standard InChI is InChI=1S/C14H12Cl2N4O/c1-8(20-4-2-3-10(20)7-17)14(21)19-13-11(15)5-9(18)6-12(13)16/h2-6,8H,18H2,1H3,(H,19,21). The van der Waals surface area contributed by atoms with Gasteiger partial charge in [-0.25, -0.2) is 0 Å². The van der Waals surface area contributed by atoms with Gasteiger partial charge in [-0.2, -0.15) is 5.26 Å². The molecule has 0 saturated carbocycles. The van der Waals surface area contributed by atoms with Crippen LogP contribution in [0, 0.1) is 11.3 Å². The number of halogens is 2. The highest BCUT2D eigenvalue weighted by Gasteiger charge is 2.19. The van der Waals surface area contributed by atoms with E-state index in [4.69, 9.17) is 34.2 Å². The lowest BCUT2D eigenvalue weighted by Gasteiger charge is -2.16. The Labute approximate surface area is 131 Å². The normalized spacial score (nSPS) is 11.7.